The normalized spacial score (nSPS) is 15.5. The van der Waals surface area contributed by atoms with Gasteiger partial charge in [-0.25, -0.2) is 13.6 Å². The highest BCUT2D eigenvalue weighted by Crippen LogP contribution is 2.31. The van der Waals surface area contributed by atoms with Crippen LogP contribution in [0.5, 0.6) is 0 Å². The van der Waals surface area contributed by atoms with Crippen molar-refractivity contribution in [2.45, 2.75) is 35.0 Å². The van der Waals surface area contributed by atoms with Crippen molar-refractivity contribution in [3.8, 4) is 0 Å². The molecule has 0 saturated heterocycles. The van der Waals surface area contributed by atoms with Gasteiger partial charge in [-0.05, 0) is 25.1 Å². The first-order valence-electron chi connectivity index (χ1n) is 4.99. The summed E-state index contributed by atoms with van der Waals surface area (Å²) in [5, 5.41) is 14.4. The third kappa shape index (κ3) is 3.88. The van der Waals surface area contributed by atoms with E-state index in [9.17, 15) is 13.5 Å². The van der Waals surface area contributed by atoms with Crippen LogP contribution in [0.25, 0.3) is 0 Å². The van der Waals surface area contributed by atoms with Gasteiger partial charge in [0.15, 0.2) is 0 Å². The van der Waals surface area contributed by atoms with Crippen LogP contribution in [0.4, 0.5) is 5.69 Å². The lowest BCUT2D eigenvalue weighted by molar-refractivity contribution is 0.196. The standard InChI is InChI=1S/C10H16N2O3S2/c1-6(13)7(2)16-9-4-3-8(11)5-10(9)17(12,14)15/h3-7,13H,11H2,1-2H3,(H2,12,14,15). The maximum absolute atomic E-state index is 11.4. The SMILES string of the molecule is CC(O)C(C)Sc1ccc(N)cc1S(N)(=O)=O. The Morgan fingerprint density at radius 3 is 2.41 bits per heavy atom. The molecule has 0 fully saturated rings. The number of benzene rings is 1. The lowest BCUT2D eigenvalue weighted by atomic mass is 10.3. The van der Waals surface area contributed by atoms with Crippen molar-refractivity contribution in [1.29, 1.82) is 0 Å². The molecular weight excluding hydrogens is 260 g/mol. The fourth-order valence-corrected chi connectivity index (χ4v) is 3.20. The Morgan fingerprint density at radius 2 is 1.94 bits per heavy atom. The summed E-state index contributed by atoms with van der Waals surface area (Å²) in [6.07, 6.45) is -0.550. The Kier molecular flexibility index (Phi) is 4.42. The molecule has 2 unspecified atom stereocenters. The molecule has 17 heavy (non-hydrogen) atoms. The first-order valence-corrected chi connectivity index (χ1v) is 7.41. The van der Waals surface area contributed by atoms with Crippen LogP contribution in [0.1, 0.15) is 13.8 Å². The van der Waals surface area contributed by atoms with Crippen LogP contribution in [-0.4, -0.2) is 24.9 Å². The van der Waals surface area contributed by atoms with Gasteiger partial charge in [-0.3, -0.25) is 0 Å². The molecule has 5 N–H and O–H groups in total. The smallest absolute Gasteiger partial charge is 0.239 e. The summed E-state index contributed by atoms with van der Waals surface area (Å²) in [6.45, 7) is 3.45. The van der Waals surface area contributed by atoms with Gasteiger partial charge in [0.1, 0.15) is 0 Å². The quantitative estimate of drug-likeness (QED) is 0.556. The van der Waals surface area contributed by atoms with Gasteiger partial charge >= 0.3 is 0 Å². The molecule has 0 heterocycles. The number of thioether (sulfide) groups is 1. The second-order valence-electron chi connectivity index (χ2n) is 3.81. The highest BCUT2D eigenvalue weighted by atomic mass is 32.2. The van der Waals surface area contributed by atoms with Gasteiger partial charge in [-0.1, -0.05) is 6.92 Å². The van der Waals surface area contributed by atoms with Crippen LogP contribution in [0, 0.1) is 0 Å². The Labute approximate surface area is 105 Å². The first-order chi connectivity index (χ1) is 7.71. The summed E-state index contributed by atoms with van der Waals surface area (Å²) < 4.78 is 22.8. The number of aliphatic hydroxyl groups is 1. The van der Waals surface area contributed by atoms with Crippen molar-refractivity contribution in [2.24, 2.45) is 5.14 Å². The fraction of sp³-hybridized carbons (Fsp3) is 0.400. The summed E-state index contributed by atoms with van der Waals surface area (Å²) in [4.78, 5) is 0.491. The number of primary sulfonamides is 1. The number of hydrogen-bond acceptors (Lipinski definition) is 5. The van der Waals surface area contributed by atoms with Gasteiger partial charge in [-0.2, -0.15) is 0 Å². The lowest BCUT2D eigenvalue weighted by Crippen LogP contribution is -2.17. The molecule has 2 atom stereocenters. The molecule has 0 radical (unpaired) electrons. The minimum absolute atomic E-state index is 0.00463. The Hall–Kier alpha value is -0.760. The molecular formula is C10H16N2O3S2. The van der Waals surface area contributed by atoms with Crippen LogP contribution in [0.3, 0.4) is 0 Å². The van der Waals surface area contributed by atoms with Crippen molar-refractivity contribution in [1.82, 2.24) is 0 Å². The highest BCUT2D eigenvalue weighted by molar-refractivity contribution is 8.00. The average Bonchev–Trinajstić information content (AvgIpc) is 2.18. The molecule has 0 aliphatic heterocycles. The molecule has 1 aromatic rings. The van der Waals surface area contributed by atoms with Crippen molar-refractivity contribution in [3.63, 3.8) is 0 Å². The minimum Gasteiger partial charge on any atom is -0.399 e. The van der Waals surface area contributed by atoms with E-state index < -0.39 is 16.1 Å². The van der Waals surface area contributed by atoms with Crippen molar-refractivity contribution in [2.75, 3.05) is 5.73 Å². The van der Waals surface area contributed by atoms with E-state index in [0.29, 0.717) is 10.6 Å². The molecule has 0 spiro atoms. The molecule has 0 amide bonds. The summed E-state index contributed by atoms with van der Waals surface area (Å²) in [7, 11) is -3.81. The molecule has 0 aromatic heterocycles. The largest absolute Gasteiger partial charge is 0.399 e. The Balaban J connectivity index is 3.16. The van der Waals surface area contributed by atoms with Gasteiger partial charge in [0.25, 0.3) is 0 Å². The maximum Gasteiger partial charge on any atom is 0.239 e. The second-order valence-corrected chi connectivity index (χ2v) is 6.76. The summed E-state index contributed by atoms with van der Waals surface area (Å²) in [5.41, 5.74) is 5.87. The van der Waals surface area contributed by atoms with E-state index in [2.05, 4.69) is 0 Å². The van der Waals surface area contributed by atoms with Crippen LogP contribution in [-0.2, 0) is 10.0 Å². The van der Waals surface area contributed by atoms with Gasteiger partial charge in [0.2, 0.25) is 10.0 Å². The Morgan fingerprint density at radius 1 is 1.35 bits per heavy atom. The predicted octanol–water partition coefficient (Wildman–Crippen LogP) is 0.778. The van der Waals surface area contributed by atoms with E-state index in [0.717, 1.165) is 0 Å². The third-order valence-electron chi connectivity index (χ3n) is 2.27. The highest BCUT2D eigenvalue weighted by Gasteiger charge is 2.18. The molecule has 7 heteroatoms. The molecule has 5 nitrogen and oxygen atoms in total. The van der Waals surface area contributed by atoms with Gasteiger partial charge in [-0.15, -0.1) is 11.8 Å². The zero-order chi connectivity index (χ0) is 13.2. The first kappa shape index (κ1) is 14.3. The molecule has 0 bridgehead atoms. The van der Waals surface area contributed by atoms with Crippen LogP contribution >= 0.6 is 11.8 Å². The number of nitrogens with two attached hydrogens (primary N) is 2. The fourth-order valence-electron chi connectivity index (χ4n) is 1.14. The summed E-state index contributed by atoms with van der Waals surface area (Å²) in [5.74, 6) is 0. The summed E-state index contributed by atoms with van der Waals surface area (Å²) in [6, 6.07) is 4.52. The Bertz CT molecular complexity index is 500. The molecule has 0 aliphatic carbocycles. The van der Waals surface area contributed by atoms with Crippen LogP contribution in [0.2, 0.25) is 0 Å². The zero-order valence-corrected chi connectivity index (χ0v) is 11.3. The molecule has 96 valence electrons. The van der Waals surface area contributed by atoms with E-state index in [-0.39, 0.29) is 10.1 Å². The number of nitrogen functional groups attached to an aromatic ring is 1. The number of sulfonamides is 1. The van der Waals surface area contributed by atoms with E-state index in [1.54, 1.807) is 26.0 Å². The zero-order valence-electron chi connectivity index (χ0n) is 9.62. The van der Waals surface area contributed by atoms with Gasteiger partial charge in [0.05, 0.1) is 11.0 Å². The van der Waals surface area contributed by atoms with Crippen molar-refractivity contribution in [3.05, 3.63) is 18.2 Å². The van der Waals surface area contributed by atoms with E-state index >= 15 is 0 Å². The van der Waals surface area contributed by atoms with Gasteiger partial charge < -0.3 is 10.8 Å². The lowest BCUT2D eigenvalue weighted by Gasteiger charge is -2.16. The van der Waals surface area contributed by atoms with E-state index in [1.807, 2.05) is 0 Å². The number of rotatable bonds is 4. The maximum atomic E-state index is 11.4. The molecule has 0 aliphatic rings. The van der Waals surface area contributed by atoms with Crippen molar-refractivity contribution >= 4 is 27.5 Å². The van der Waals surface area contributed by atoms with E-state index in [1.165, 1.54) is 17.8 Å². The van der Waals surface area contributed by atoms with Crippen LogP contribution < -0.4 is 10.9 Å². The van der Waals surface area contributed by atoms with Crippen molar-refractivity contribution < 1.29 is 13.5 Å². The van der Waals surface area contributed by atoms with E-state index in [4.69, 9.17) is 10.9 Å². The second kappa shape index (κ2) is 5.26. The molecule has 1 rings (SSSR count). The topological polar surface area (TPSA) is 106 Å². The number of aliphatic hydroxyl groups excluding tert-OH is 1. The van der Waals surface area contributed by atoms with Crippen LogP contribution in [0.15, 0.2) is 28.0 Å². The van der Waals surface area contributed by atoms with Gasteiger partial charge in [0, 0.05) is 15.8 Å². The minimum atomic E-state index is -3.81. The summed E-state index contributed by atoms with van der Waals surface area (Å²) >= 11 is 1.25. The third-order valence-corrected chi connectivity index (χ3v) is 4.72. The average molecular weight is 276 g/mol. The number of hydrogen-bond donors (Lipinski definition) is 3. The predicted molar refractivity (Wildman–Crippen MR) is 69.2 cm³/mol. The monoisotopic (exact) mass is 276 g/mol. The molecule has 1 aromatic carbocycles. The molecule has 0 saturated carbocycles. The number of anilines is 1.